The average Bonchev–Trinajstić information content (AvgIpc) is 2.44. The van der Waals surface area contributed by atoms with Crippen LogP contribution in [0, 0.1) is 5.82 Å². The molecule has 1 nitrogen and oxygen atoms in total. The van der Waals surface area contributed by atoms with Gasteiger partial charge in [-0.15, -0.1) is 0 Å². The van der Waals surface area contributed by atoms with E-state index in [4.69, 9.17) is 5.73 Å². The van der Waals surface area contributed by atoms with E-state index in [-0.39, 0.29) is 11.7 Å². The number of hydrogen-bond acceptors (Lipinski definition) is 1. The van der Waals surface area contributed by atoms with E-state index in [9.17, 15) is 4.39 Å². The quantitative estimate of drug-likeness (QED) is 0.874. The average molecular weight is 322 g/mol. The van der Waals surface area contributed by atoms with E-state index in [1.165, 1.54) is 11.6 Å². The van der Waals surface area contributed by atoms with Crippen molar-refractivity contribution < 1.29 is 4.39 Å². The summed E-state index contributed by atoms with van der Waals surface area (Å²) in [6.45, 7) is 0.583. The minimum absolute atomic E-state index is 0.146. The van der Waals surface area contributed by atoms with Gasteiger partial charge >= 0.3 is 0 Å². The maximum atomic E-state index is 13.7. The van der Waals surface area contributed by atoms with Gasteiger partial charge in [0.15, 0.2) is 0 Å². The SMILES string of the molecule is NCC(CCc1cc(Br)ccc1F)c1ccccc1. The summed E-state index contributed by atoms with van der Waals surface area (Å²) in [5, 5.41) is 0. The topological polar surface area (TPSA) is 26.0 Å². The molecule has 0 aliphatic heterocycles. The second kappa shape index (κ2) is 6.83. The van der Waals surface area contributed by atoms with Crippen LogP contribution in [0.25, 0.3) is 0 Å². The molecule has 0 radical (unpaired) electrons. The lowest BCUT2D eigenvalue weighted by Crippen LogP contribution is -2.13. The van der Waals surface area contributed by atoms with Gasteiger partial charge in [-0.2, -0.15) is 0 Å². The van der Waals surface area contributed by atoms with Gasteiger partial charge in [-0.25, -0.2) is 4.39 Å². The molecule has 0 saturated carbocycles. The highest BCUT2D eigenvalue weighted by Gasteiger charge is 2.11. The van der Waals surface area contributed by atoms with Crippen LogP contribution in [0.4, 0.5) is 4.39 Å². The third-order valence-electron chi connectivity index (χ3n) is 3.33. The molecular weight excluding hydrogens is 305 g/mol. The molecule has 100 valence electrons. The standard InChI is InChI=1S/C16H17BrFN/c17-15-8-9-16(18)13(10-15)6-7-14(11-19)12-4-2-1-3-5-12/h1-5,8-10,14H,6-7,11,19H2. The van der Waals surface area contributed by atoms with Crippen LogP contribution in [0.1, 0.15) is 23.5 Å². The summed E-state index contributed by atoms with van der Waals surface area (Å²) >= 11 is 3.37. The van der Waals surface area contributed by atoms with Crippen molar-refractivity contribution in [1.82, 2.24) is 0 Å². The highest BCUT2D eigenvalue weighted by Crippen LogP contribution is 2.23. The number of benzene rings is 2. The molecule has 0 amide bonds. The molecule has 0 aliphatic carbocycles. The monoisotopic (exact) mass is 321 g/mol. The van der Waals surface area contributed by atoms with E-state index in [2.05, 4.69) is 28.1 Å². The highest BCUT2D eigenvalue weighted by molar-refractivity contribution is 9.10. The van der Waals surface area contributed by atoms with Crippen molar-refractivity contribution in [2.75, 3.05) is 6.54 Å². The molecule has 2 N–H and O–H groups in total. The molecule has 2 aromatic rings. The zero-order valence-electron chi connectivity index (χ0n) is 10.7. The van der Waals surface area contributed by atoms with Crippen molar-refractivity contribution >= 4 is 15.9 Å². The lowest BCUT2D eigenvalue weighted by molar-refractivity contribution is 0.582. The van der Waals surface area contributed by atoms with Crippen LogP contribution in [0.5, 0.6) is 0 Å². The molecule has 0 aliphatic rings. The van der Waals surface area contributed by atoms with E-state index in [1.54, 1.807) is 6.07 Å². The minimum Gasteiger partial charge on any atom is -0.330 e. The smallest absolute Gasteiger partial charge is 0.126 e. The van der Waals surface area contributed by atoms with Gasteiger partial charge in [-0.1, -0.05) is 46.3 Å². The molecule has 2 aromatic carbocycles. The van der Waals surface area contributed by atoms with Crippen molar-refractivity contribution in [3.63, 3.8) is 0 Å². The van der Waals surface area contributed by atoms with Crippen LogP contribution in [0.2, 0.25) is 0 Å². The maximum absolute atomic E-state index is 13.7. The molecule has 0 fully saturated rings. The summed E-state index contributed by atoms with van der Waals surface area (Å²) < 4.78 is 14.6. The van der Waals surface area contributed by atoms with Gasteiger partial charge in [0.1, 0.15) is 5.82 Å². The van der Waals surface area contributed by atoms with E-state index >= 15 is 0 Å². The van der Waals surface area contributed by atoms with Gasteiger partial charge in [0.2, 0.25) is 0 Å². The van der Waals surface area contributed by atoms with E-state index < -0.39 is 0 Å². The van der Waals surface area contributed by atoms with E-state index in [0.29, 0.717) is 13.0 Å². The molecule has 2 rings (SSSR count). The number of rotatable bonds is 5. The fourth-order valence-corrected chi connectivity index (χ4v) is 2.62. The number of aryl methyl sites for hydroxylation is 1. The molecule has 19 heavy (non-hydrogen) atoms. The first-order valence-corrected chi connectivity index (χ1v) is 7.19. The Morgan fingerprint density at radius 1 is 1.11 bits per heavy atom. The van der Waals surface area contributed by atoms with Crippen LogP contribution in [-0.4, -0.2) is 6.54 Å². The normalized spacial score (nSPS) is 12.4. The van der Waals surface area contributed by atoms with Crippen LogP contribution in [-0.2, 0) is 6.42 Å². The largest absolute Gasteiger partial charge is 0.330 e. The fourth-order valence-electron chi connectivity index (χ4n) is 2.21. The third kappa shape index (κ3) is 3.88. The predicted octanol–water partition coefficient (Wildman–Crippen LogP) is 4.26. The number of nitrogens with two attached hydrogens (primary N) is 1. The zero-order valence-corrected chi connectivity index (χ0v) is 12.2. The first-order chi connectivity index (χ1) is 9.20. The predicted molar refractivity (Wildman–Crippen MR) is 80.7 cm³/mol. The second-order valence-electron chi connectivity index (χ2n) is 4.62. The molecular formula is C16H17BrFN. The second-order valence-corrected chi connectivity index (χ2v) is 5.53. The van der Waals surface area contributed by atoms with Crippen molar-refractivity contribution in [1.29, 1.82) is 0 Å². The fraction of sp³-hybridized carbons (Fsp3) is 0.250. The van der Waals surface area contributed by atoms with Crippen LogP contribution in [0.15, 0.2) is 53.0 Å². The summed E-state index contributed by atoms with van der Waals surface area (Å²) in [4.78, 5) is 0. The lowest BCUT2D eigenvalue weighted by atomic mass is 9.92. The van der Waals surface area contributed by atoms with Crippen LogP contribution < -0.4 is 5.73 Å². The molecule has 3 heteroatoms. The summed E-state index contributed by atoms with van der Waals surface area (Å²) in [7, 11) is 0. The molecule has 0 bridgehead atoms. The molecule has 1 unspecified atom stereocenters. The number of halogens is 2. The molecule has 0 saturated heterocycles. The summed E-state index contributed by atoms with van der Waals surface area (Å²) in [6.07, 6.45) is 1.55. The molecule has 1 atom stereocenters. The molecule has 0 spiro atoms. The number of hydrogen-bond donors (Lipinski definition) is 1. The summed E-state index contributed by atoms with van der Waals surface area (Å²) in [5.41, 5.74) is 7.80. The van der Waals surface area contributed by atoms with E-state index in [0.717, 1.165) is 16.5 Å². The Hall–Kier alpha value is -1.19. The molecule has 0 heterocycles. The first-order valence-electron chi connectivity index (χ1n) is 6.39. The minimum atomic E-state index is -0.146. The third-order valence-corrected chi connectivity index (χ3v) is 3.82. The van der Waals surface area contributed by atoms with Gasteiger partial charge < -0.3 is 5.73 Å². The van der Waals surface area contributed by atoms with Crippen molar-refractivity contribution in [2.24, 2.45) is 5.73 Å². The highest BCUT2D eigenvalue weighted by atomic mass is 79.9. The Balaban J connectivity index is 2.06. The van der Waals surface area contributed by atoms with Gasteiger partial charge in [0.05, 0.1) is 0 Å². The van der Waals surface area contributed by atoms with Crippen LogP contribution in [0.3, 0.4) is 0 Å². The van der Waals surface area contributed by atoms with Crippen LogP contribution >= 0.6 is 15.9 Å². The van der Waals surface area contributed by atoms with Crippen molar-refractivity contribution in [3.8, 4) is 0 Å². The Kier molecular flexibility index (Phi) is 5.11. The Morgan fingerprint density at radius 2 is 1.84 bits per heavy atom. The van der Waals surface area contributed by atoms with Gasteiger partial charge in [0, 0.05) is 4.47 Å². The van der Waals surface area contributed by atoms with Crippen molar-refractivity contribution in [2.45, 2.75) is 18.8 Å². The van der Waals surface area contributed by atoms with Gasteiger partial charge in [0.25, 0.3) is 0 Å². The lowest BCUT2D eigenvalue weighted by Gasteiger charge is -2.15. The Morgan fingerprint density at radius 3 is 2.53 bits per heavy atom. The van der Waals surface area contributed by atoms with Crippen molar-refractivity contribution in [3.05, 3.63) is 69.9 Å². The zero-order chi connectivity index (χ0) is 13.7. The van der Waals surface area contributed by atoms with E-state index in [1.807, 2.05) is 24.3 Å². The Labute approximate surface area is 121 Å². The molecule has 0 aromatic heterocycles. The van der Waals surface area contributed by atoms with Gasteiger partial charge in [-0.3, -0.25) is 0 Å². The Bertz CT molecular complexity index is 528. The maximum Gasteiger partial charge on any atom is 0.126 e. The van der Waals surface area contributed by atoms with Gasteiger partial charge in [-0.05, 0) is 54.6 Å². The summed E-state index contributed by atoms with van der Waals surface area (Å²) in [5.74, 6) is 0.131. The first kappa shape index (κ1) is 14.2. The summed E-state index contributed by atoms with van der Waals surface area (Å²) in [6, 6.07) is 15.2.